The van der Waals surface area contributed by atoms with Gasteiger partial charge in [0.25, 0.3) is 0 Å². The van der Waals surface area contributed by atoms with Gasteiger partial charge >= 0.3 is 12.2 Å². The van der Waals surface area contributed by atoms with Crippen molar-refractivity contribution in [3.8, 4) is 0 Å². The van der Waals surface area contributed by atoms with E-state index in [9.17, 15) is 9.59 Å². The molecule has 9 nitrogen and oxygen atoms in total. The van der Waals surface area contributed by atoms with Crippen molar-refractivity contribution >= 4 is 47.0 Å². The topological polar surface area (TPSA) is 92.8 Å². The molecular formula is C23H34Cl3NO8. The fourth-order valence-electron chi connectivity index (χ4n) is 5.48. The van der Waals surface area contributed by atoms with Crippen LogP contribution in [-0.2, 0) is 28.4 Å². The van der Waals surface area contributed by atoms with E-state index in [1.807, 2.05) is 0 Å². The predicted molar refractivity (Wildman–Crippen MR) is 127 cm³/mol. The molecule has 0 spiro atoms. The average molecular weight is 559 g/mol. The molecule has 2 amide bonds. The molecule has 3 heterocycles. The van der Waals surface area contributed by atoms with E-state index in [1.165, 1.54) is 0 Å². The van der Waals surface area contributed by atoms with Gasteiger partial charge in [0, 0.05) is 0 Å². The van der Waals surface area contributed by atoms with Crippen molar-refractivity contribution in [2.75, 3.05) is 13.2 Å². The third kappa shape index (κ3) is 6.13. The van der Waals surface area contributed by atoms with Gasteiger partial charge in [-0.15, -0.1) is 0 Å². The van der Waals surface area contributed by atoms with Crippen LogP contribution in [0, 0.1) is 17.8 Å². The standard InChI is InChI=1S/C23H34Cl3NO8/c1-11(2)13-7-6-12(3)8-14(13)32-19-16-18(17-15(33-19)9-31-22(4,5)35-17)34-21(29)27(16)20(28)30-10-23(24,25)26/h11-19H,6-10H2,1-5H3/t12-,13+,14-,15-,16+,17-,18-,19+/m1/s1. The highest BCUT2D eigenvalue weighted by molar-refractivity contribution is 6.67. The van der Waals surface area contributed by atoms with Gasteiger partial charge in [-0.2, -0.15) is 0 Å². The van der Waals surface area contributed by atoms with Gasteiger partial charge in [-0.05, 0) is 44.4 Å². The maximum atomic E-state index is 13.0. The zero-order valence-corrected chi connectivity index (χ0v) is 22.8. The minimum absolute atomic E-state index is 0.113. The summed E-state index contributed by atoms with van der Waals surface area (Å²) in [7, 11) is 0. The summed E-state index contributed by atoms with van der Waals surface area (Å²) in [5.41, 5.74) is 0. The SMILES string of the molecule is CC(C)[C@@H]1CC[C@@H](C)C[C@H]1O[C@H]1O[C@@H]2COC(C)(C)O[C@H]2[C@@H]2OC(=O)N(C(=O)OCC(Cl)(Cl)Cl)[C@H]12. The lowest BCUT2D eigenvalue weighted by Crippen LogP contribution is -2.66. The number of hydrogen-bond acceptors (Lipinski definition) is 8. The molecule has 0 N–H and O–H groups in total. The van der Waals surface area contributed by atoms with E-state index < -0.39 is 59.0 Å². The lowest BCUT2D eigenvalue weighted by molar-refractivity contribution is -0.371. The second kappa shape index (κ2) is 10.3. The number of fused-ring (bicyclic) bond motifs is 3. The maximum Gasteiger partial charge on any atom is 0.420 e. The summed E-state index contributed by atoms with van der Waals surface area (Å²) in [6.07, 6.45) is -2.02. The Hall–Kier alpha value is -0.550. The van der Waals surface area contributed by atoms with Gasteiger partial charge in [0.15, 0.2) is 18.2 Å². The van der Waals surface area contributed by atoms with Gasteiger partial charge in [-0.25, -0.2) is 14.5 Å². The number of rotatable bonds is 4. The molecule has 0 unspecified atom stereocenters. The Morgan fingerprint density at radius 2 is 1.94 bits per heavy atom. The Morgan fingerprint density at radius 3 is 2.60 bits per heavy atom. The first-order chi connectivity index (χ1) is 16.3. The number of ether oxygens (including phenoxy) is 6. The van der Waals surface area contributed by atoms with E-state index in [0.29, 0.717) is 17.8 Å². The minimum Gasteiger partial charge on any atom is -0.444 e. The van der Waals surface area contributed by atoms with Crippen molar-refractivity contribution < 1.29 is 38.0 Å². The quantitative estimate of drug-likeness (QED) is 0.443. The lowest BCUT2D eigenvalue weighted by Gasteiger charge is -2.50. The van der Waals surface area contributed by atoms with Gasteiger partial charge in [0.1, 0.15) is 24.9 Å². The van der Waals surface area contributed by atoms with Gasteiger partial charge in [0.2, 0.25) is 3.79 Å². The predicted octanol–water partition coefficient (Wildman–Crippen LogP) is 5.04. The number of nitrogens with zero attached hydrogens (tertiary/aromatic N) is 1. The summed E-state index contributed by atoms with van der Waals surface area (Å²) in [4.78, 5) is 26.7. The number of imide groups is 1. The van der Waals surface area contributed by atoms with Crippen molar-refractivity contribution in [3.05, 3.63) is 0 Å². The number of carbonyl (C=O) groups excluding carboxylic acids is 2. The Balaban J connectivity index is 1.61. The molecule has 35 heavy (non-hydrogen) atoms. The third-order valence-corrected chi connectivity index (χ3v) is 7.52. The molecule has 4 aliphatic rings. The molecule has 0 aromatic rings. The van der Waals surface area contributed by atoms with Crippen LogP contribution >= 0.6 is 34.8 Å². The molecule has 0 aromatic heterocycles. The molecule has 0 aromatic carbocycles. The Kier molecular flexibility index (Phi) is 8.10. The molecule has 12 heteroatoms. The van der Waals surface area contributed by atoms with Crippen LogP contribution in [0.2, 0.25) is 0 Å². The minimum atomic E-state index is -1.83. The van der Waals surface area contributed by atoms with Crippen LogP contribution in [0.3, 0.4) is 0 Å². The van der Waals surface area contributed by atoms with Gasteiger partial charge < -0.3 is 28.4 Å². The summed E-state index contributed by atoms with van der Waals surface area (Å²) in [5.74, 6) is 0.274. The van der Waals surface area contributed by atoms with Crippen molar-refractivity contribution in [1.29, 1.82) is 0 Å². The Bertz CT molecular complexity index is 806. The van der Waals surface area contributed by atoms with Crippen molar-refractivity contribution in [1.82, 2.24) is 4.90 Å². The van der Waals surface area contributed by atoms with Crippen LogP contribution in [0.5, 0.6) is 0 Å². The fourth-order valence-corrected chi connectivity index (χ4v) is 5.64. The van der Waals surface area contributed by atoms with Gasteiger partial charge in [-0.1, -0.05) is 62.0 Å². The highest BCUT2D eigenvalue weighted by Gasteiger charge is 2.62. The number of hydrogen-bond donors (Lipinski definition) is 0. The smallest absolute Gasteiger partial charge is 0.420 e. The molecule has 0 bridgehead atoms. The Labute approximate surface area is 220 Å². The van der Waals surface area contributed by atoms with Crippen LogP contribution in [0.25, 0.3) is 0 Å². The molecule has 1 aliphatic carbocycles. The Morgan fingerprint density at radius 1 is 1.23 bits per heavy atom. The van der Waals surface area contributed by atoms with E-state index in [0.717, 1.165) is 24.2 Å². The fraction of sp³-hybridized carbons (Fsp3) is 0.913. The largest absolute Gasteiger partial charge is 0.444 e. The summed E-state index contributed by atoms with van der Waals surface area (Å²) >= 11 is 17.2. The summed E-state index contributed by atoms with van der Waals surface area (Å²) in [6, 6.07) is -0.939. The van der Waals surface area contributed by atoms with Crippen LogP contribution in [0.15, 0.2) is 0 Å². The number of halogens is 3. The molecule has 0 radical (unpaired) electrons. The van der Waals surface area contributed by atoms with Crippen LogP contribution in [0.1, 0.15) is 53.9 Å². The van der Waals surface area contributed by atoms with Gasteiger partial charge in [0.05, 0.1) is 12.7 Å². The number of alkyl halides is 3. The zero-order valence-electron chi connectivity index (χ0n) is 20.6. The van der Waals surface area contributed by atoms with Crippen molar-refractivity contribution in [3.63, 3.8) is 0 Å². The number of amides is 2. The summed E-state index contributed by atoms with van der Waals surface area (Å²) in [6.45, 7) is 9.76. The van der Waals surface area contributed by atoms with Crippen LogP contribution in [0.4, 0.5) is 9.59 Å². The zero-order chi connectivity index (χ0) is 25.7. The molecule has 4 rings (SSSR count). The lowest BCUT2D eigenvalue weighted by atomic mass is 9.75. The molecule has 200 valence electrons. The molecule has 3 aliphatic heterocycles. The molecule has 8 atom stereocenters. The third-order valence-electron chi connectivity index (χ3n) is 7.19. The monoisotopic (exact) mass is 557 g/mol. The van der Waals surface area contributed by atoms with Crippen LogP contribution < -0.4 is 0 Å². The second-order valence-electron chi connectivity index (χ2n) is 10.7. The highest BCUT2D eigenvalue weighted by Crippen LogP contribution is 2.43. The molecule has 4 fully saturated rings. The van der Waals surface area contributed by atoms with Gasteiger partial charge in [-0.3, -0.25) is 0 Å². The van der Waals surface area contributed by atoms with E-state index >= 15 is 0 Å². The van der Waals surface area contributed by atoms with Crippen molar-refractivity contribution in [2.45, 2.75) is 100 Å². The molecule has 3 saturated heterocycles. The number of carbonyl (C=O) groups is 2. The first kappa shape index (κ1) is 27.5. The average Bonchev–Trinajstić information content (AvgIpc) is 3.09. The normalized spacial score (nSPS) is 39.1. The van der Waals surface area contributed by atoms with E-state index in [1.54, 1.807) is 13.8 Å². The summed E-state index contributed by atoms with van der Waals surface area (Å²) < 4.78 is 33.7. The first-order valence-electron chi connectivity index (χ1n) is 12.1. The molecular weight excluding hydrogens is 525 g/mol. The highest BCUT2D eigenvalue weighted by atomic mass is 35.6. The second-order valence-corrected chi connectivity index (χ2v) is 13.2. The van der Waals surface area contributed by atoms with Crippen LogP contribution in [-0.4, -0.2) is 76.6 Å². The van der Waals surface area contributed by atoms with Crippen molar-refractivity contribution in [2.24, 2.45) is 17.8 Å². The summed E-state index contributed by atoms with van der Waals surface area (Å²) in [5, 5.41) is 0. The maximum absolute atomic E-state index is 13.0. The van der Waals surface area contributed by atoms with E-state index in [2.05, 4.69) is 20.8 Å². The van der Waals surface area contributed by atoms with E-state index in [4.69, 9.17) is 63.2 Å². The first-order valence-corrected chi connectivity index (χ1v) is 13.2. The molecule has 1 saturated carbocycles. The van der Waals surface area contributed by atoms with E-state index in [-0.39, 0.29) is 12.7 Å².